The summed E-state index contributed by atoms with van der Waals surface area (Å²) in [5.41, 5.74) is 1.94. The van der Waals surface area contributed by atoms with E-state index in [0.717, 1.165) is 63.1 Å². The van der Waals surface area contributed by atoms with Crippen molar-refractivity contribution in [2.24, 2.45) is 5.92 Å². The highest BCUT2D eigenvalue weighted by Gasteiger charge is 2.31. The summed E-state index contributed by atoms with van der Waals surface area (Å²) >= 11 is 0. The first-order valence-corrected chi connectivity index (χ1v) is 10.4. The fourth-order valence-electron chi connectivity index (χ4n) is 4.14. The molecule has 0 atom stereocenters. The topological polar surface area (TPSA) is 65.5 Å². The molecule has 1 aromatic heterocycles. The van der Waals surface area contributed by atoms with Gasteiger partial charge in [-0.1, -0.05) is 11.6 Å². The fraction of sp³-hybridized carbons (Fsp3) is 0.591. The molecule has 0 bridgehead atoms. The summed E-state index contributed by atoms with van der Waals surface area (Å²) in [5, 5.41) is 3.03. The van der Waals surface area contributed by atoms with Gasteiger partial charge in [0.2, 0.25) is 11.8 Å². The molecule has 0 radical (unpaired) electrons. The van der Waals surface area contributed by atoms with Gasteiger partial charge in [-0.05, 0) is 64.8 Å². The van der Waals surface area contributed by atoms with Crippen molar-refractivity contribution in [3.8, 4) is 0 Å². The normalized spacial score (nSPS) is 19.3. The Bertz CT molecular complexity index is 684. The number of hydrogen-bond acceptors (Lipinski definition) is 4. The van der Waals surface area contributed by atoms with Gasteiger partial charge >= 0.3 is 0 Å². The molecule has 0 spiro atoms. The van der Waals surface area contributed by atoms with Crippen molar-refractivity contribution in [1.29, 1.82) is 0 Å². The second kappa shape index (κ2) is 9.82. The molecular weight excluding hydrogens is 352 g/mol. The van der Waals surface area contributed by atoms with E-state index in [9.17, 15) is 9.59 Å². The van der Waals surface area contributed by atoms with E-state index in [0.29, 0.717) is 12.6 Å². The summed E-state index contributed by atoms with van der Waals surface area (Å²) in [6.45, 7) is 8.01. The van der Waals surface area contributed by atoms with Crippen LogP contribution in [0.15, 0.2) is 36.0 Å². The van der Waals surface area contributed by atoms with Crippen molar-refractivity contribution in [3.63, 3.8) is 0 Å². The molecule has 3 heterocycles. The highest BCUT2D eigenvalue weighted by atomic mass is 16.2. The number of nitrogens with zero attached hydrogens (tertiary/aromatic N) is 3. The number of hydrogen-bond donors (Lipinski definition) is 1. The van der Waals surface area contributed by atoms with Gasteiger partial charge in [-0.25, -0.2) is 0 Å². The van der Waals surface area contributed by atoms with Gasteiger partial charge in [0.25, 0.3) is 0 Å². The molecule has 2 amide bonds. The number of aromatic nitrogens is 1. The van der Waals surface area contributed by atoms with Crippen LogP contribution >= 0.6 is 0 Å². The van der Waals surface area contributed by atoms with Crippen LogP contribution in [-0.4, -0.2) is 58.8 Å². The Labute approximate surface area is 168 Å². The van der Waals surface area contributed by atoms with E-state index in [1.54, 1.807) is 12.3 Å². The molecule has 2 aliphatic heterocycles. The molecule has 152 valence electrons. The van der Waals surface area contributed by atoms with Crippen molar-refractivity contribution < 1.29 is 9.59 Å². The molecule has 6 nitrogen and oxygen atoms in total. The Balaban J connectivity index is 1.39. The Hall–Kier alpha value is -2.21. The lowest BCUT2D eigenvalue weighted by atomic mass is 9.92. The summed E-state index contributed by atoms with van der Waals surface area (Å²) in [4.78, 5) is 33.3. The molecule has 2 aliphatic rings. The Morgan fingerprint density at radius 2 is 1.82 bits per heavy atom. The van der Waals surface area contributed by atoms with Gasteiger partial charge in [0.15, 0.2) is 0 Å². The van der Waals surface area contributed by atoms with Crippen molar-refractivity contribution in [2.75, 3.05) is 26.2 Å². The highest BCUT2D eigenvalue weighted by molar-refractivity contribution is 5.88. The van der Waals surface area contributed by atoms with E-state index >= 15 is 0 Å². The van der Waals surface area contributed by atoms with Crippen LogP contribution in [0.3, 0.4) is 0 Å². The van der Waals surface area contributed by atoms with E-state index in [-0.39, 0.29) is 17.7 Å². The lowest BCUT2D eigenvalue weighted by Crippen LogP contribution is -2.50. The second-order valence-electron chi connectivity index (χ2n) is 8.13. The lowest BCUT2D eigenvalue weighted by molar-refractivity contribution is -0.129. The maximum absolute atomic E-state index is 12.5. The first-order chi connectivity index (χ1) is 13.5. The molecule has 1 aromatic rings. The van der Waals surface area contributed by atoms with Gasteiger partial charge in [0.05, 0.1) is 12.2 Å². The van der Waals surface area contributed by atoms with E-state index in [1.165, 1.54) is 0 Å². The van der Waals surface area contributed by atoms with Crippen LogP contribution < -0.4 is 5.32 Å². The van der Waals surface area contributed by atoms with Crippen molar-refractivity contribution in [3.05, 3.63) is 41.7 Å². The van der Waals surface area contributed by atoms with Crippen molar-refractivity contribution in [1.82, 2.24) is 20.1 Å². The third-order valence-electron chi connectivity index (χ3n) is 5.77. The number of carbonyl (C=O) groups is 2. The zero-order valence-electron chi connectivity index (χ0n) is 17.1. The van der Waals surface area contributed by atoms with Gasteiger partial charge < -0.3 is 15.1 Å². The minimum Gasteiger partial charge on any atom is -0.350 e. The maximum Gasteiger partial charge on any atom is 0.246 e. The number of piperidine rings is 2. The predicted octanol–water partition coefficient (Wildman–Crippen LogP) is 2.37. The van der Waals surface area contributed by atoms with E-state index in [2.05, 4.69) is 15.2 Å². The number of allylic oxidation sites excluding steroid dienone is 1. The van der Waals surface area contributed by atoms with Crippen LogP contribution in [0.2, 0.25) is 0 Å². The largest absolute Gasteiger partial charge is 0.350 e. The first kappa shape index (κ1) is 20.5. The van der Waals surface area contributed by atoms with Crippen LogP contribution in [0.25, 0.3) is 0 Å². The standard InChI is InChI=1S/C22H32N4O2/c1-17(2)15-21(27)26-13-8-20(9-14-26)25-11-6-18(7-12-25)22(28)24-16-19-5-3-4-10-23-19/h3-5,10,15,18,20H,6-9,11-14,16H2,1-2H3,(H,24,28). The Kier molecular flexibility index (Phi) is 7.20. The Morgan fingerprint density at radius 1 is 1.11 bits per heavy atom. The maximum atomic E-state index is 12.5. The monoisotopic (exact) mass is 384 g/mol. The SMILES string of the molecule is CC(C)=CC(=O)N1CCC(N2CCC(C(=O)NCc3ccccn3)CC2)CC1. The second-order valence-corrected chi connectivity index (χ2v) is 8.13. The number of carbonyl (C=O) groups excluding carboxylic acids is 2. The summed E-state index contributed by atoms with van der Waals surface area (Å²) in [5.74, 6) is 0.383. The lowest BCUT2D eigenvalue weighted by Gasteiger charge is -2.41. The van der Waals surface area contributed by atoms with E-state index in [4.69, 9.17) is 0 Å². The van der Waals surface area contributed by atoms with E-state index in [1.807, 2.05) is 36.9 Å². The summed E-state index contributed by atoms with van der Waals surface area (Å²) in [7, 11) is 0. The Morgan fingerprint density at radius 3 is 2.43 bits per heavy atom. The van der Waals surface area contributed by atoms with Crippen LogP contribution in [0.4, 0.5) is 0 Å². The van der Waals surface area contributed by atoms with Gasteiger partial charge in [-0.3, -0.25) is 14.6 Å². The van der Waals surface area contributed by atoms with Gasteiger partial charge in [0, 0.05) is 37.3 Å². The molecule has 2 fully saturated rings. The van der Waals surface area contributed by atoms with Crippen molar-refractivity contribution in [2.45, 2.75) is 52.1 Å². The van der Waals surface area contributed by atoms with E-state index < -0.39 is 0 Å². The summed E-state index contributed by atoms with van der Waals surface area (Å²) in [6.07, 6.45) is 7.35. The molecule has 2 saturated heterocycles. The number of pyridine rings is 1. The average Bonchev–Trinajstić information content (AvgIpc) is 2.72. The average molecular weight is 385 g/mol. The molecule has 0 aliphatic carbocycles. The third-order valence-corrected chi connectivity index (χ3v) is 5.77. The minimum absolute atomic E-state index is 0.0966. The number of likely N-dealkylation sites (tertiary alicyclic amines) is 2. The van der Waals surface area contributed by atoms with Gasteiger partial charge in [-0.2, -0.15) is 0 Å². The molecule has 3 rings (SSSR count). The fourth-order valence-corrected chi connectivity index (χ4v) is 4.14. The van der Waals surface area contributed by atoms with Gasteiger partial charge in [-0.15, -0.1) is 0 Å². The molecular formula is C22H32N4O2. The molecule has 6 heteroatoms. The third kappa shape index (κ3) is 5.64. The molecule has 0 aromatic carbocycles. The number of rotatable bonds is 5. The summed E-state index contributed by atoms with van der Waals surface area (Å²) in [6, 6.07) is 6.28. The first-order valence-electron chi connectivity index (χ1n) is 10.4. The number of amides is 2. The predicted molar refractivity (Wildman–Crippen MR) is 109 cm³/mol. The van der Waals surface area contributed by atoms with Crippen molar-refractivity contribution >= 4 is 11.8 Å². The molecule has 1 N–H and O–H groups in total. The zero-order chi connectivity index (χ0) is 19.9. The quantitative estimate of drug-likeness (QED) is 0.792. The van der Waals surface area contributed by atoms with Crippen LogP contribution in [0.5, 0.6) is 0 Å². The highest BCUT2D eigenvalue weighted by Crippen LogP contribution is 2.24. The molecule has 28 heavy (non-hydrogen) atoms. The van der Waals surface area contributed by atoms with Crippen LogP contribution in [0, 0.1) is 5.92 Å². The molecule has 0 unspecified atom stereocenters. The number of nitrogens with one attached hydrogen (secondary N) is 1. The van der Waals surface area contributed by atoms with Gasteiger partial charge in [0.1, 0.15) is 0 Å². The smallest absolute Gasteiger partial charge is 0.246 e. The van der Waals surface area contributed by atoms with Crippen LogP contribution in [0.1, 0.15) is 45.2 Å². The van der Waals surface area contributed by atoms with Crippen LogP contribution in [-0.2, 0) is 16.1 Å². The molecule has 0 saturated carbocycles. The summed E-state index contributed by atoms with van der Waals surface area (Å²) < 4.78 is 0. The zero-order valence-corrected chi connectivity index (χ0v) is 17.1. The minimum atomic E-state index is 0.0966.